The molecule has 10 nitrogen and oxygen atoms in total. The number of aryl methyl sites for hydroxylation is 1. The molecule has 0 amide bonds. The van der Waals surface area contributed by atoms with Crippen LogP contribution >= 0.6 is 0 Å². The number of anilines is 1. The molecule has 0 aromatic carbocycles. The van der Waals surface area contributed by atoms with E-state index >= 15 is 0 Å². The van der Waals surface area contributed by atoms with E-state index in [0.717, 1.165) is 23.6 Å². The fourth-order valence-electron chi connectivity index (χ4n) is 3.69. The zero-order valence-electron chi connectivity index (χ0n) is 17.0. The van der Waals surface area contributed by atoms with Gasteiger partial charge in [-0.05, 0) is 37.6 Å². The summed E-state index contributed by atoms with van der Waals surface area (Å²) in [7, 11) is 0. The van der Waals surface area contributed by atoms with Crippen molar-refractivity contribution >= 4 is 22.9 Å². The number of rotatable bonds is 6. The fraction of sp³-hybridized carbons (Fsp3) is 0.333. The van der Waals surface area contributed by atoms with Gasteiger partial charge in [0, 0.05) is 12.8 Å². The number of hydrogen-bond donors (Lipinski definition) is 1. The topological polar surface area (TPSA) is 135 Å². The first kappa shape index (κ1) is 19.3. The molecule has 0 radical (unpaired) electrons. The SMILES string of the molecule is Cc1ccc(-c2nc(N)nc3c2nnn3Cc2cccc(CO[C@H]3CCC(=O)C3)n2)o1. The number of fused-ring (bicyclic) bond motifs is 1. The lowest BCUT2D eigenvalue weighted by Crippen LogP contribution is -2.11. The molecule has 0 aliphatic heterocycles. The molecule has 4 aromatic rings. The molecule has 31 heavy (non-hydrogen) atoms. The lowest BCUT2D eigenvalue weighted by atomic mass is 10.2. The van der Waals surface area contributed by atoms with E-state index < -0.39 is 0 Å². The van der Waals surface area contributed by atoms with Crippen LogP contribution in [-0.2, 0) is 22.7 Å². The number of nitrogen functional groups attached to an aromatic ring is 1. The van der Waals surface area contributed by atoms with Gasteiger partial charge < -0.3 is 14.9 Å². The Morgan fingerprint density at radius 3 is 2.84 bits per heavy atom. The van der Waals surface area contributed by atoms with Crippen molar-refractivity contribution < 1.29 is 13.9 Å². The van der Waals surface area contributed by atoms with Crippen molar-refractivity contribution in [1.82, 2.24) is 29.9 Å². The van der Waals surface area contributed by atoms with E-state index in [4.69, 9.17) is 14.9 Å². The fourth-order valence-corrected chi connectivity index (χ4v) is 3.69. The summed E-state index contributed by atoms with van der Waals surface area (Å²) in [6, 6.07) is 9.39. The summed E-state index contributed by atoms with van der Waals surface area (Å²) in [5.41, 5.74) is 9.02. The van der Waals surface area contributed by atoms with Crippen LogP contribution in [0.15, 0.2) is 34.7 Å². The number of Topliss-reactive ketones (excluding diaryl/α,β-unsaturated/α-hetero) is 1. The average Bonchev–Trinajstić information content (AvgIpc) is 3.47. The van der Waals surface area contributed by atoms with Crippen LogP contribution in [-0.4, -0.2) is 41.8 Å². The first-order chi connectivity index (χ1) is 15.0. The summed E-state index contributed by atoms with van der Waals surface area (Å²) in [6.07, 6.45) is 1.86. The summed E-state index contributed by atoms with van der Waals surface area (Å²) in [5, 5.41) is 8.48. The quantitative estimate of drug-likeness (QED) is 0.500. The Balaban J connectivity index is 1.38. The van der Waals surface area contributed by atoms with Crippen molar-refractivity contribution in [2.75, 3.05) is 5.73 Å². The van der Waals surface area contributed by atoms with Crippen LogP contribution in [0, 0.1) is 6.92 Å². The molecule has 0 bridgehead atoms. The minimum Gasteiger partial charge on any atom is -0.460 e. The van der Waals surface area contributed by atoms with Crippen LogP contribution in [0.25, 0.3) is 22.6 Å². The van der Waals surface area contributed by atoms with Crippen molar-refractivity contribution in [3.63, 3.8) is 0 Å². The highest BCUT2D eigenvalue weighted by atomic mass is 16.5. The third-order valence-corrected chi connectivity index (χ3v) is 5.20. The van der Waals surface area contributed by atoms with Crippen LogP contribution < -0.4 is 5.73 Å². The molecule has 1 aliphatic rings. The number of pyridine rings is 1. The summed E-state index contributed by atoms with van der Waals surface area (Å²) in [5.74, 6) is 1.70. The predicted molar refractivity (Wildman–Crippen MR) is 111 cm³/mol. The van der Waals surface area contributed by atoms with Crippen molar-refractivity contribution in [3.8, 4) is 11.5 Å². The largest absolute Gasteiger partial charge is 0.460 e. The van der Waals surface area contributed by atoms with E-state index in [1.807, 2.05) is 37.3 Å². The van der Waals surface area contributed by atoms with Gasteiger partial charge in [-0.1, -0.05) is 11.3 Å². The Morgan fingerprint density at radius 2 is 2.06 bits per heavy atom. The van der Waals surface area contributed by atoms with Gasteiger partial charge in [-0.15, -0.1) is 5.10 Å². The van der Waals surface area contributed by atoms with Gasteiger partial charge in [0.05, 0.1) is 30.6 Å². The number of ether oxygens (including phenoxy) is 1. The van der Waals surface area contributed by atoms with E-state index in [1.54, 1.807) is 4.68 Å². The number of carbonyl (C=O) groups excluding carboxylic acids is 1. The third-order valence-electron chi connectivity index (χ3n) is 5.20. The number of aromatic nitrogens is 6. The van der Waals surface area contributed by atoms with Gasteiger partial charge in [-0.25, -0.2) is 9.67 Å². The Labute approximate surface area is 177 Å². The third kappa shape index (κ3) is 4.02. The maximum atomic E-state index is 11.4. The molecule has 10 heteroatoms. The second-order valence-corrected chi connectivity index (χ2v) is 7.59. The summed E-state index contributed by atoms with van der Waals surface area (Å²) in [6.45, 7) is 2.58. The number of carbonyl (C=O) groups is 1. The molecule has 0 spiro atoms. The Morgan fingerprint density at radius 1 is 1.19 bits per heavy atom. The van der Waals surface area contributed by atoms with Gasteiger partial charge in [0.1, 0.15) is 17.2 Å². The number of nitrogens with zero attached hydrogens (tertiary/aromatic N) is 6. The molecule has 4 aromatic heterocycles. The van der Waals surface area contributed by atoms with Crippen molar-refractivity contribution in [1.29, 1.82) is 0 Å². The maximum Gasteiger partial charge on any atom is 0.222 e. The molecule has 158 valence electrons. The van der Waals surface area contributed by atoms with E-state index in [2.05, 4.69) is 25.3 Å². The highest BCUT2D eigenvalue weighted by molar-refractivity contribution is 5.86. The predicted octanol–water partition coefficient (Wildman–Crippen LogP) is 2.45. The van der Waals surface area contributed by atoms with Crippen molar-refractivity contribution in [2.45, 2.75) is 45.4 Å². The molecular formula is C21H21N7O3. The lowest BCUT2D eigenvalue weighted by Gasteiger charge is -2.10. The molecular weight excluding hydrogens is 398 g/mol. The normalized spacial score (nSPS) is 16.4. The first-order valence-electron chi connectivity index (χ1n) is 10.1. The minimum absolute atomic E-state index is 0.0134. The molecule has 1 atom stereocenters. The van der Waals surface area contributed by atoms with Crippen LogP contribution in [0.5, 0.6) is 0 Å². The highest BCUT2D eigenvalue weighted by Gasteiger charge is 2.23. The van der Waals surface area contributed by atoms with E-state index in [1.165, 1.54) is 0 Å². The van der Waals surface area contributed by atoms with Gasteiger partial charge in [-0.2, -0.15) is 4.98 Å². The smallest absolute Gasteiger partial charge is 0.222 e. The Bertz CT molecular complexity index is 1260. The standard InChI is InChI=1S/C21H21N7O3/c1-12-5-8-17(31-12)18-19-20(25-21(22)24-18)28(27-26-19)10-13-3-2-4-14(23-13)11-30-16-7-6-15(29)9-16/h2-5,8,16H,6-7,9-11H2,1H3,(H2,22,24,25)/t16-/m0/s1. The molecule has 4 heterocycles. The van der Waals surface area contributed by atoms with Crippen LogP contribution in [0.1, 0.15) is 36.4 Å². The van der Waals surface area contributed by atoms with E-state index in [0.29, 0.717) is 48.6 Å². The number of hydrogen-bond acceptors (Lipinski definition) is 9. The van der Waals surface area contributed by atoms with E-state index in [-0.39, 0.29) is 17.8 Å². The van der Waals surface area contributed by atoms with Gasteiger partial charge in [-0.3, -0.25) is 9.78 Å². The van der Waals surface area contributed by atoms with Gasteiger partial charge in [0.2, 0.25) is 5.95 Å². The van der Waals surface area contributed by atoms with Crippen LogP contribution in [0.4, 0.5) is 5.95 Å². The Hall–Kier alpha value is -3.66. The zero-order valence-corrected chi connectivity index (χ0v) is 17.0. The Kier molecular flexibility index (Phi) is 4.91. The molecule has 0 unspecified atom stereocenters. The van der Waals surface area contributed by atoms with Crippen LogP contribution in [0.2, 0.25) is 0 Å². The molecule has 1 saturated carbocycles. The van der Waals surface area contributed by atoms with Crippen molar-refractivity contribution in [2.24, 2.45) is 0 Å². The van der Waals surface area contributed by atoms with Crippen molar-refractivity contribution in [3.05, 3.63) is 47.5 Å². The van der Waals surface area contributed by atoms with Gasteiger partial charge >= 0.3 is 0 Å². The summed E-state index contributed by atoms with van der Waals surface area (Å²) >= 11 is 0. The van der Waals surface area contributed by atoms with Gasteiger partial charge in [0.15, 0.2) is 16.9 Å². The summed E-state index contributed by atoms with van der Waals surface area (Å²) in [4.78, 5) is 24.7. The first-order valence-corrected chi connectivity index (χ1v) is 10.1. The van der Waals surface area contributed by atoms with Gasteiger partial charge in [0.25, 0.3) is 0 Å². The van der Waals surface area contributed by atoms with Crippen LogP contribution in [0.3, 0.4) is 0 Å². The number of ketones is 1. The molecule has 1 fully saturated rings. The monoisotopic (exact) mass is 419 g/mol. The molecule has 2 N–H and O–H groups in total. The second kappa shape index (κ2) is 7.88. The molecule has 1 aliphatic carbocycles. The number of furan rings is 1. The second-order valence-electron chi connectivity index (χ2n) is 7.59. The number of nitrogens with two attached hydrogens (primary N) is 1. The lowest BCUT2D eigenvalue weighted by molar-refractivity contribution is -0.118. The average molecular weight is 419 g/mol. The highest BCUT2D eigenvalue weighted by Crippen LogP contribution is 2.27. The maximum absolute atomic E-state index is 11.4. The molecule has 5 rings (SSSR count). The minimum atomic E-state index is -0.0134. The van der Waals surface area contributed by atoms with E-state index in [9.17, 15) is 4.79 Å². The zero-order chi connectivity index (χ0) is 21.4. The summed E-state index contributed by atoms with van der Waals surface area (Å²) < 4.78 is 13.2. The molecule has 0 saturated heterocycles.